The van der Waals surface area contributed by atoms with Gasteiger partial charge in [0.25, 0.3) is 0 Å². The van der Waals surface area contributed by atoms with Gasteiger partial charge < -0.3 is 15.2 Å². The molecule has 0 atom stereocenters. The molecule has 0 spiro atoms. The van der Waals surface area contributed by atoms with E-state index in [-0.39, 0.29) is 12.4 Å². The Hall–Kier alpha value is -2.29. The van der Waals surface area contributed by atoms with Crippen molar-refractivity contribution in [2.75, 3.05) is 6.61 Å². The third-order valence-electron chi connectivity index (χ3n) is 2.95. The molecule has 0 aromatic carbocycles. The average Bonchev–Trinajstić information content (AvgIpc) is 3.00. The molecule has 0 unspecified atom stereocenters. The largest absolute Gasteiger partial charge is 0.396 e. The number of hydrogen-bond acceptors (Lipinski definition) is 6. The number of nitro groups is 1. The zero-order chi connectivity index (χ0) is 14.5. The summed E-state index contributed by atoms with van der Waals surface area (Å²) in [5.74, 6) is 0.570. The first kappa shape index (κ1) is 14.1. The summed E-state index contributed by atoms with van der Waals surface area (Å²) in [6.07, 6.45) is 4.35. The van der Waals surface area contributed by atoms with Gasteiger partial charge in [0.2, 0.25) is 0 Å². The summed E-state index contributed by atoms with van der Waals surface area (Å²) in [4.78, 5) is 14.3. The topological polar surface area (TPSA) is 112 Å². The van der Waals surface area contributed by atoms with Crippen molar-refractivity contribution in [3.63, 3.8) is 0 Å². The molecule has 0 saturated heterocycles. The number of aryl methyl sites for hydroxylation is 3. The molecule has 0 amide bonds. The van der Waals surface area contributed by atoms with Crippen LogP contribution in [0.3, 0.4) is 0 Å². The molecule has 2 heterocycles. The highest BCUT2D eigenvalue weighted by Gasteiger charge is 2.17. The van der Waals surface area contributed by atoms with Gasteiger partial charge in [-0.2, -0.15) is 0 Å². The van der Waals surface area contributed by atoms with E-state index in [1.165, 1.54) is 10.8 Å². The number of rotatable bonds is 7. The molecule has 2 aromatic heterocycles. The fraction of sp³-hybridized carbons (Fsp3) is 0.545. The van der Waals surface area contributed by atoms with Gasteiger partial charge in [-0.1, -0.05) is 5.21 Å². The number of imidazole rings is 1. The Morgan fingerprint density at radius 3 is 2.95 bits per heavy atom. The lowest BCUT2D eigenvalue weighted by Gasteiger charge is -2.02. The van der Waals surface area contributed by atoms with E-state index in [4.69, 9.17) is 5.11 Å². The van der Waals surface area contributed by atoms with E-state index in [0.29, 0.717) is 31.8 Å². The second-order valence-corrected chi connectivity index (χ2v) is 4.37. The van der Waals surface area contributed by atoms with Crippen LogP contribution in [0.2, 0.25) is 0 Å². The van der Waals surface area contributed by atoms with E-state index in [2.05, 4.69) is 15.3 Å². The summed E-state index contributed by atoms with van der Waals surface area (Å²) < 4.78 is 3.17. The molecular formula is C11H16N6O3. The Kier molecular flexibility index (Phi) is 4.41. The monoisotopic (exact) mass is 280 g/mol. The number of aliphatic hydroxyl groups is 1. The molecule has 108 valence electrons. The van der Waals surface area contributed by atoms with E-state index in [1.807, 2.05) is 0 Å². The van der Waals surface area contributed by atoms with E-state index in [1.54, 1.807) is 17.8 Å². The van der Waals surface area contributed by atoms with Crippen LogP contribution in [-0.4, -0.2) is 41.2 Å². The molecule has 0 aliphatic heterocycles. The molecule has 20 heavy (non-hydrogen) atoms. The SMILES string of the molecule is Cc1ncc([N+](=O)[O-])n1CCn1cc(CCCO)nn1. The minimum absolute atomic E-state index is 0.0249. The van der Waals surface area contributed by atoms with Crippen LogP contribution in [0.15, 0.2) is 12.4 Å². The van der Waals surface area contributed by atoms with E-state index in [0.717, 1.165) is 5.69 Å². The first-order valence-corrected chi connectivity index (χ1v) is 6.28. The quantitative estimate of drug-likeness (QED) is 0.577. The molecule has 0 aliphatic rings. The summed E-state index contributed by atoms with van der Waals surface area (Å²) in [6, 6.07) is 0. The molecule has 0 bridgehead atoms. The van der Waals surface area contributed by atoms with Crippen molar-refractivity contribution in [1.82, 2.24) is 24.5 Å². The maximum absolute atomic E-state index is 10.9. The van der Waals surface area contributed by atoms with Gasteiger partial charge in [0.15, 0.2) is 5.82 Å². The molecular weight excluding hydrogens is 264 g/mol. The summed E-state index contributed by atoms with van der Waals surface area (Å²) in [7, 11) is 0. The predicted molar refractivity (Wildman–Crippen MR) is 69.0 cm³/mol. The Morgan fingerprint density at radius 2 is 2.25 bits per heavy atom. The number of aromatic nitrogens is 5. The highest BCUT2D eigenvalue weighted by atomic mass is 16.6. The maximum Gasteiger partial charge on any atom is 0.342 e. The lowest BCUT2D eigenvalue weighted by molar-refractivity contribution is -0.392. The third-order valence-corrected chi connectivity index (χ3v) is 2.95. The van der Waals surface area contributed by atoms with Gasteiger partial charge in [0.05, 0.1) is 12.2 Å². The summed E-state index contributed by atoms with van der Waals surface area (Å²) >= 11 is 0. The van der Waals surface area contributed by atoms with Crippen LogP contribution in [0, 0.1) is 17.0 Å². The van der Waals surface area contributed by atoms with Gasteiger partial charge in [-0.05, 0) is 17.8 Å². The van der Waals surface area contributed by atoms with Crippen LogP contribution in [0.1, 0.15) is 17.9 Å². The zero-order valence-corrected chi connectivity index (χ0v) is 11.1. The molecule has 2 rings (SSSR count). The van der Waals surface area contributed by atoms with Crippen LogP contribution in [0.4, 0.5) is 5.82 Å². The molecule has 9 heteroatoms. The van der Waals surface area contributed by atoms with Gasteiger partial charge in [0.1, 0.15) is 12.7 Å². The highest BCUT2D eigenvalue weighted by Crippen LogP contribution is 2.13. The number of aliphatic hydroxyl groups excluding tert-OH is 1. The van der Waals surface area contributed by atoms with Crippen LogP contribution >= 0.6 is 0 Å². The first-order valence-electron chi connectivity index (χ1n) is 6.28. The first-order chi connectivity index (χ1) is 9.61. The van der Waals surface area contributed by atoms with E-state index >= 15 is 0 Å². The predicted octanol–water partition coefficient (Wildman–Crippen LogP) is 0.316. The molecule has 0 fully saturated rings. The van der Waals surface area contributed by atoms with Crippen molar-refractivity contribution >= 4 is 5.82 Å². The Labute approximate surface area is 115 Å². The third kappa shape index (κ3) is 3.18. The average molecular weight is 280 g/mol. The van der Waals surface area contributed by atoms with Gasteiger partial charge in [-0.3, -0.25) is 0 Å². The van der Waals surface area contributed by atoms with Crippen LogP contribution in [-0.2, 0) is 19.5 Å². The van der Waals surface area contributed by atoms with Crippen LogP contribution in [0.5, 0.6) is 0 Å². The minimum atomic E-state index is -0.450. The lowest BCUT2D eigenvalue weighted by Crippen LogP contribution is -2.11. The molecule has 1 N–H and O–H groups in total. The van der Waals surface area contributed by atoms with E-state index in [9.17, 15) is 10.1 Å². The van der Waals surface area contributed by atoms with Gasteiger partial charge in [0, 0.05) is 19.7 Å². The summed E-state index contributed by atoms with van der Waals surface area (Å²) in [5, 5.41) is 27.5. The Balaban J connectivity index is 2.00. The van der Waals surface area contributed by atoms with Crippen molar-refractivity contribution in [2.24, 2.45) is 0 Å². The standard InChI is InChI=1S/C11H16N6O3/c1-9-12-7-11(17(19)20)16(9)5-4-15-8-10(13-14-15)3-2-6-18/h7-8,18H,2-6H2,1H3. The van der Waals surface area contributed by atoms with Gasteiger partial charge in [-0.25, -0.2) is 14.2 Å². The fourth-order valence-corrected chi connectivity index (χ4v) is 1.90. The Morgan fingerprint density at radius 1 is 1.45 bits per heavy atom. The normalized spacial score (nSPS) is 10.9. The summed E-state index contributed by atoms with van der Waals surface area (Å²) in [5.41, 5.74) is 0.802. The zero-order valence-electron chi connectivity index (χ0n) is 11.1. The molecule has 2 aromatic rings. The Bertz CT molecular complexity index is 591. The fourth-order valence-electron chi connectivity index (χ4n) is 1.90. The van der Waals surface area contributed by atoms with Crippen molar-refractivity contribution in [2.45, 2.75) is 32.9 Å². The lowest BCUT2D eigenvalue weighted by atomic mass is 10.3. The second-order valence-electron chi connectivity index (χ2n) is 4.37. The van der Waals surface area contributed by atoms with Gasteiger partial charge in [-0.15, -0.1) is 5.10 Å². The summed E-state index contributed by atoms with van der Waals surface area (Å²) in [6.45, 7) is 2.73. The van der Waals surface area contributed by atoms with Crippen LogP contribution in [0.25, 0.3) is 0 Å². The highest BCUT2D eigenvalue weighted by molar-refractivity contribution is 5.18. The van der Waals surface area contributed by atoms with E-state index < -0.39 is 4.92 Å². The molecule has 0 radical (unpaired) electrons. The molecule has 0 aliphatic carbocycles. The van der Waals surface area contributed by atoms with Crippen molar-refractivity contribution in [1.29, 1.82) is 0 Å². The smallest absolute Gasteiger partial charge is 0.342 e. The second kappa shape index (κ2) is 6.24. The molecule has 9 nitrogen and oxygen atoms in total. The van der Waals surface area contributed by atoms with Crippen LogP contribution < -0.4 is 0 Å². The van der Waals surface area contributed by atoms with Crippen molar-refractivity contribution < 1.29 is 10.0 Å². The van der Waals surface area contributed by atoms with Crippen molar-refractivity contribution in [3.8, 4) is 0 Å². The van der Waals surface area contributed by atoms with Crippen molar-refractivity contribution in [3.05, 3.63) is 34.0 Å². The maximum atomic E-state index is 10.9. The van der Waals surface area contributed by atoms with Gasteiger partial charge >= 0.3 is 5.82 Å². The minimum Gasteiger partial charge on any atom is -0.396 e. The number of nitrogens with zero attached hydrogens (tertiary/aromatic N) is 6. The molecule has 0 saturated carbocycles. The number of hydrogen-bond donors (Lipinski definition) is 1.